The second-order valence-electron chi connectivity index (χ2n) is 4.12. The standard InChI is InChI=1S/C11H20O4S6/c1-8(2)14-18-10(12)20-16-6-5-7-17-21-11(13)19-15-9(3)4/h8-9H,5-7H2,1-4H3. The fourth-order valence-corrected chi connectivity index (χ4v) is 5.87. The maximum absolute atomic E-state index is 11.4. The maximum Gasteiger partial charge on any atom is 0.283 e. The average Bonchev–Trinajstić information content (AvgIpc) is 2.41. The van der Waals surface area contributed by atoms with Crippen molar-refractivity contribution in [3.8, 4) is 0 Å². The maximum atomic E-state index is 11.4. The van der Waals surface area contributed by atoms with Crippen LogP contribution in [0.5, 0.6) is 0 Å². The van der Waals surface area contributed by atoms with Gasteiger partial charge in [-0.05, 0) is 55.7 Å². The molecule has 0 atom stereocenters. The van der Waals surface area contributed by atoms with Gasteiger partial charge in [-0.2, -0.15) is 0 Å². The van der Waals surface area contributed by atoms with Crippen LogP contribution in [0, 0.1) is 0 Å². The van der Waals surface area contributed by atoms with Crippen molar-refractivity contribution < 1.29 is 18.0 Å². The molecule has 0 amide bonds. The van der Waals surface area contributed by atoms with Crippen molar-refractivity contribution in [1.82, 2.24) is 0 Å². The van der Waals surface area contributed by atoms with E-state index in [-0.39, 0.29) is 21.1 Å². The van der Waals surface area contributed by atoms with E-state index in [0.717, 1.165) is 42.0 Å². The van der Waals surface area contributed by atoms with E-state index in [1.54, 1.807) is 0 Å². The lowest BCUT2D eigenvalue weighted by molar-refractivity contribution is 0.266. The lowest BCUT2D eigenvalue weighted by Gasteiger charge is -2.04. The molecule has 0 aromatic heterocycles. The normalized spacial score (nSPS) is 11.3. The van der Waals surface area contributed by atoms with Crippen LogP contribution in [0.15, 0.2) is 0 Å². The Morgan fingerprint density at radius 3 is 1.52 bits per heavy atom. The second kappa shape index (κ2) is 14.9. The minimum Gasteiger partial charge on any atom is -0.305 e. The Hall–Kier alpha value is 1.36. The van der Waals surface area contributed by atoms with E-state index < -0.39 is 0 Å². The summed E-state index contributed by atoms with van der Waals surface area (Å²) < 4.78 is 10.2. The lowest BCUT2D eigenvalue weighted by Crippen LogP contribution is -1.96. The van der Waals surface area contributed by atoms with Crippen molar-refractivity contribution >= 4 is 76.2 Å². The van der Waals surface area contributed by atoms with E-state index >= 15 is 0 Å². The van der Waals surface area contributed by atoms with Crippen LogP contribution in [0.1, 0.15) is 34.1 Å². The van der Waals surface area contributed by atoms with E-state index in [1.165, 1.54) is 43.2 Å². The first-order chi connectivity index (χ1) is 9.91. The molecule has 0 heterocycles. The van der Waals surface area contributed by atoms with Gasteiger partial charge in [0, 0.05) is 11.5 Å². The van der Waals surface area contributed by atoms with Crippen LogP contribution in [0.3, 0.4) is 0 Å². The number of carbonyl (C=O) groups excluding carboxylic acids is 2. The van der Waals surface area contributed by atoms with Gasteiger partial charge in [-0.15, -0.1) is 0 Å². The molecule has 0 aliphatic rings. The minimum atomic E-state index is -0.0341. The summed E-state index contributed by atoms with van der Waals surface area (Å²) >= 11 is 1.79. The van der Waals surface area contributed by atoms with Crippen LogP contribution in [0.2, 0.25) is 0 Å². The summed E-state index contributed by atoms with van der Waals surface area (Å²) in [7, 11) is 5.44. The molecule has 0 rings (SSSR count). The van der Waals surface area contributed by atoms with Gasteiger partial charge in [-0.25, -0.2) is 0 Å². The van der Waals surface area contributed by atoms with Gasteiger partial charge < -0.3 is 8.37 Å². The number of hydrogen-bond acceptors (Lipinski definition) is 10. The summed E-state index contributed by atoms with van der Waals surface area (Å²) in [5.74, 6) is 1.74. The SMILES string of the molecule is CC(C)OSC(=O)SSCCCSSC(=O)SOC(C)C. The Bertz CT molecular complexity index is 272. The highest BCUT2D eigenvalue weighted by Crippen LogP contribution is 2.33. The highest BCUT2D eigenvalue weighted by Gasteiger charge is 2.08. The number of carbonyl (C=O) groups is 2. The van der Waals surface area contributed by atoms with Gasteiger partial charge >= 0.3 is 0 Å². The predicted octanol–water partition coefficient (Wildman–Crippen LogP) is 6.53. The Labute approximate surface area is 151 Å². The molecule has 0 fully saturated rings. The van der Waals surface area contributed by atoms with Gasteiger partial charge in [0.1, 0.15) is 0 Å². The summed E-state index contributed by atoms with van der Waals surface area (Å²) in [6.07, 6.45) is 1.04. The zero-order chi connectivity index (χ0) is 16.1. The molecular formula is C11H20O4S6. The molecule has 0 N–H and O–H groups in total. The van der Waals surface area contributed by atoms with Crippen LogP contribution >= 0.6 is 67.3 Å². The first-order valence-corrected chi connectivity index (χ1v) is 12.4. The molecule has 0 aliphatic carbocycles. The first kappa shape index (κ1) is 22.4. The zero-order valence-electron chi connectivity index (χ0n) is 12.4. The molecule has 0 saturated carbocycles. The van der Waals surface area contributed by atoms with E-state index in [1.807, 2.05) is 27.7 Å². The molecule has 0 saturated heterocycles. The van der Waals surface area contributed by atoms with E-state index in [2.05, 4.69) is 0 Å². The van der Waals surface area contributed by atoms with Crippen molar-refractivity contribution in [1.29, 1.82) is 0 Å². The summed E-state index contributed by atoms with van der Waals surface area (Å²) in [4.78, 5) is 22.7. The largest absolute Gasteiger partial charge is 0.305 e. The molecule has 0 aromatic rings. The zero-order valence-corrected chi connectivity index (χ0v) is 17.3. The van der Waals surface area contributed by atoms with Gasteiger partial charge in [0.2, 0.25) is 0 Å². The van der Waals surface area contributed by atoms with Crippen LogP contribution in [-0.4, -0.2) is 32.6 Å². The average molecular weight is 409 g/mol. The van der Waals surface area contributed by atoms with Gasteiger partial charge in [0.05, 0.1) is 36.3 Å². The first-order valence-electron chi connectivity index (χ1n) is 6.25. The van der Waals surface area contributed by atoms with Crippen LogP contribution in [-0.2, 0) is 8.37 Å². The van der Waals surface area contributed by atoms with Crippen LogP contribution in [0.25, 0.3) is 0 Å². The third-order valence-electron chi connectivity index (χ3n) is 1.33. The van der Waals surface area contributed by atoms with Gasteiger partial charge in [0.15, 0.2) is 0 Å². The van der Waals surface area contributed by atoms with E-state index in [4.69, 9.17) is 8.37 Å². The fourth-order valence-electron chi connectivity index (χ4n) is 0.655. The Morgan fingerprint density at radius 2 is 1.19 bits per heavy atom. The quantitative estimate of drug-likeness (QED) is 0.226. The molecular weight excluding hydrogens is 389 g/mol. The third kappa shape index (κ3) is 17.5. The minimum absolute atomic E-state index is 0.0341. The van der Waals surface area contributed by atoms with Crippen molar-refractivity contribution in [3.63, 3.8) is 0 Å². The topological polar surface area (TPSA) is 52.6 Å². The molecule has 4 nitrogen and oxygen atoms in total. The molecule has 0 unspecified atom stereocenters. The molecule has 0 spiro atoms. The van der Waals surface area contributed by atoms with E-state index in [0.29, 0.717) is 0 Å². The number of hydrogen-bond donors (Lipinski definition) is 0. The lowest BCUT2D eigenvalue weighted by atomic mass is 10.5. The Morgan fingerprint density at radius 1 is 0.810 bits per heavy atom. The summed E-state index contributed by atoms with van der Waals surface area (Å²) in [5.41, 5.74) is 0. The second-order valence-corrected chi connectivity index (χ2v) is 10.9. The summed E-state index contributed by atoms with van der Waals surface area (Å²) in [6, 6.07) is 0. The van der Waals surface area contributed by atoms with Gasteiger partial charge in [-0.1, -0.05) is 21.6 Å². The molecule has 0 radical (unpaired) electrons. The van der Waals surface area contributed by atoms with Crippen molar-refractivity contribution in [2.24, 2.45) is 0 Å². The highest BCUT2D eigenvalue weighted by molar-refractivity contribution is 8.86. The van der Waals surface area contributed by atoms with Crippen LogP contribution in [0.4, 0.5) is 9.59 Å². The highest BCUT2D eigenvalue weighted by atomic mass is 33.1. The van der Waals surface area contributed by atoms with Crippen LogP contribution < -0.4 is 0 Å². The molecule has 10 heteroatoms. The van der Waals surface area contributed by atoms with E-state index in [9.17, 15) is 9.59 Å². The van der Waals surface area contributed by atoms with Crippen molar-refractivity contribution in [2.75, 3.05) is 11.5 Å². The summed E-state index contributed by atoms with van der Waals surface area (Å²) in [6.45, 7) is 7.55. The summed E-state index contributed by atoms with van der Waals surface area (Å²) in [5, 5.41) is 0. The number of rotatable bonds is 10. The Balaban J connectivity index is 3.32. The Kier molecular flexibility index (Phi) is 15.9. The molecule has 0 aromatic carbocycles. The molecule has 124 valence electrons. The third-order valence-corrected chi connectivity index (χ3v) is 8.14. The van der Waals surface area contributed by atoms with Crippen molar-refractivity contribution in [2.45, 2.75) is 46.3 Å². The van der Waals surface area contributed by atoms with Crippen molar-refractivity contribution in [3.05, 3.63) is 0 Å². The van der Waals surface area contributed by atoms with Gasteiger partial charge in [0.25, 0.3) is 8.89 Å². The monoisotopic (exact) mass is 408 g/mol. The predicted molar refractivity (Wildman–Crippen MR) is 103 cm³/mol. The van der Waals surface area contributed by atoms with Gasteiger partial charge in [-0.3, -0.25) is 9.59 Å². The smallest absolute Gasteiger partial charge is 0.283 e. The molecule has 0 aliphatic heterocycles. The molecule has 21 heavy (non-hydrogen) atoms. The molecule has 0 bridgehead atoms. The fraction of sp³-hybridized carbons (Fsp3) is 0.818.